The zero-order valence-electron chi connectivity index (χ0n) is 12.8. The van der Waals surface area contributed by atoms with E-state index in [4.69, 9.17) is 25.1 Å². The normalized spacial score (nSPS) is 32.2. The lowest BCUT2D eigenvalue weighted by Crippen LogP contribution is -2.69. The van der Waals surface area contributed by atoms with Crippen molar-refractivity contribution in [3.05, 3.63) is 0 Å². The summed E-state index contributed by atoms with van der Waals surface area (Å²) < 4.78 is 17.8. The molecule has 0 radical (unpaired) electrons. The van der Waals surface area contributed by atoms with Crippen LogP contribution >= 0.6 is 0 Å². The Morgan fingerprint density at radius 3 is 2.37 bits per heavy atom. The number of hydrogen-bond donors (Lipinski definition) is 2. The van der Waals surface area contributed by atoms with Crippen molar-refractivity contribution < 1.29 is 13.6 Å². The minimum atomic E-state index is -2.43. The molecule has 0 spiro atoms. The Morgan fingerprint density at radius 2 is 1.95 bits per heavy atom. The highest BCUT2D eigenvalue weighted by atomic mass is 28.4. The number of hydrogen-bond acceptors (Lipinski definition) is 5. The molecule has 0 bridgehead atoms. The summed E-state index contributed by atoms with van der Waals surface area (Å²) in [5.74, 6) is 0.369. The lowest BCUT2D eigenvalue weighted by Gasteiger charge is -2.53. The maximum Gasteiger partial charge on any atom is 0.371 e. The fourth-order valence-electron chi connectivity index (χ4n) is 3.75. The molecule has 5 nitrogen and oxygen atoms in total. The first-order valence-corrected chi connectivity index (χ1v) is 9.15. The summed E-state index contributed by atoms with van der Waals surface area (Å²) in [4.78, 5) is 0. The second-order valence-corrected chi connectivity index (χ2v) is 9.27. The molecule has 1 heterocycles. The van der Waals surface area contributed by atoms with E-state index >= 15 is 0 Å². The van der Waals surface area contributed by atoms with E-state index in [0.717, 1.165) is 31.7 Å². The van der Waals surface area contributed by atoms with Crippen LogP contribution in [0.4, 0.5) is 0 Å². The lowest BCUT2D eigenvalue weighted by molar-refractivity contribution is -0.0578. The first-order valence-electron chi connectivity index (χ1n) is 7.13. The summed E-state index contributed by atoms with van der Waals surface area (Å²) in [6, 6.07) is 1.01. The number of nitrogens with two attached hydrogens (primary N) is 2. The number of ether oxygens (including phenoxy) is 1. The average Bonchev–Trinajstić information content (AvgIpc) is 2.40. The monoisotopic (exact) mass is 290 g/mol. The van der Waals surface area contributed by atoms with Gasteiger partial charge in [0.1, 0.15) is 5.22 Å². The van der Waals surface area contributed by atoms with Gasteiger partial charge in [0.25, 0.3) is 0 Å². The molecule has 114 valence electrons. The molecule has 0 aromatic rings. The van der Waals surface area contributed by atoms with Crippen LogP contribution in [-0.2, 0) is 13.6 Å². The largest absolute Gasteiger partial charge is 0.396 e. The maximum absolute atomic E-state index is 6.07. The van der Waals surface area contributed by atoms with Crippen LogP contribution in [0, 0.1) is 5.92 Å². The number of methoxy groups -OCH3 is 1. The Kier molecular flexibility index (Phi) is 6.42. The molecule has 4 N–H and O–H groups in total. The smallest absolute Gasteiger partial charge is 0.371 e. The topological polar surface area (TPSA) is 79.7 Å². The molecule has 1 rings (SSSR count). The van der Waals surface area contributed by atoms with Crippen LogP contribution < -0.4 is 11.5 Å². The van der Waals surface area contributed by atoms with Gasteiger partial charge in [-0.1, -0.05) is 6.42 Å². The fraction of sp³-hybridized carbons (Fsp3) is 1.00. The molecular formula is C13H30N2O3Si. The molecule has 1 saturated heterocycles. The quantitative estimate of drug-likeness (QED) is 0.687. The van der Waals surface area contributed by atoms with Gasteiger partial charge < -0.3 is 25.1 Å². The molecule has 0 saturated carbocycles. The molecule has 0 aliphatic carbocycles. The first-order chi connectivity index (χ1) is 9.01. The third-order valence-electron chi connectivity index (χ3n) is 4.53. The standard InChI is InChI=1S/C13H30N2O3Si/c1-11(15)10-13(16-2)12(7-8-14)6-5-9-19(13,17-3)18-4/h11-12H,5-10,14-15H2,1-4H3. The molecule has 1 aliphatic rings. The summed E-state index contributed by atoms with van der Waals surface area (Å²) in [5.41, 5.74) is 11.9. The van der Waals surface area contributed by atoms with Crippen LogP contribution in [0.5, 0.6) is 0 Å². The SMILES string of the molecule is COC1(CC(C)N)C(CCN)CCC[Si]1(OC)OC. The highest BCUT2D eigenvalue weighted by Gasteiger charge is 2.63. The van der Waals surface area contributed by atoms with Crippen molar-refractivity contribution in [2.75, 3.05) is 27.9 Å². The van der Waals surface area contributed by atoms with Crippen LogP contribution in [-0.4, -0.2) is 47.7 Å². The Morgan fingerprint density at radius 1 is 1.32 bits per heavy atom. The second-order valence-electron chi connectivity index (χ2n) is 5.60. The van der Waals surface area contributed by atoms with Crippen molar-refractivity contribution in [1.29, 1.82) is 0 Å². The van der Waals surface area contributed by atoms with Gasteiger partial charge in [0.15, 0.2) is 0 Å². The van der Waals surface area contributed by atoms with Gasteiger partial charge in [-0.15, -0.1) is 0 Å². The van der Waals surface area contributed by atoms with Gasteiger partial charge >= 0.3 is 8.56 Å². The molecule has 1 aliphatic heterocycles. The predicted octanol–water partition coefficient (Wildman–Crippen LogP) is 1.14. The molecular weight excluding hydrogens is 260 g/mol. The van der Waals surface area contributed by atoms with Crippen molar-refractivity contribution in [2.45, 2.75) is 49.9 Å². The van der Waals surface area contributed by atoms with Crippen molar-refractivity contribution >= 4 is 8.56 Å². The summed E-state index contributed by atoms with van der Waals surface area (Å²) >= 11 is 0. The average molecular weight is 290 g/mol. The van der Waals surface area contributed by atoms with Gasteiger partial charge in [0, 0.05) is 27.4 Å². The van der Waals surface area contributed by atoms with E-state index in [1.54, 1.807) is 21.3 Å². The molecule has 3 unspecified atom stereocenters. The minimum absolute atomic E-state index is 0.0514. The number of rotatable bonds is 7. The van der Waals surface area contributed by atoms with Gasteiger partial charge in [0.2, 0.25) is 0 Å². The Labute approximate surface area is 118 Å². The maximum atomic E-state index is 6.07. The van der Waals surface area contributed by atoms with Gasteiger partial charge in [-0.2, -0.15) is 0 Å². The Balaban J connectivity index is 3.19. The first kappa shape index (κ1) is 17.1. The van der Waals surface area contributed by atoms with Gasteiger partial charge in [-0.3, -0.25) is 0 Å². The van der Waals surface area contributed by atoms with Crippen LogP contribution in [0.25, 0.3) is 0 Å². The zero-order chi connectivity index (χ0) is 14.5. The van der Waals surface area contributed by atoms with Gasteiger partial charge in [0.05, 0.1) is 0 Å². The van der Waals surface area contributed by atoms with Gasteiger partial charge in [-0.05, 0) is 44.7 Å². The van der Waals surface area contributed by atoms with E-state index in [2.05, 4.69) is 0 Å². The fourth-order valence-corrected chi connectivity index (χ4v) is 7.97. The van der Waals surface area contributed by atoms with Crippen molar-refractivity contribution in [3.8, 4) is 0 Å². The van der Waals surface area contributed by atoms with E-state index in [-0.39, 0.29) is 11.3 Å². The molecule has 1 fully saturated rings. The second kappa shape index (κ2) is 7.15. The Bertz CT molecular complexity index is 273. The molecule has 3 atom stereocenters. The van der Waals surface area contributed by atoms with Crippen LogP contribution in [0.1, 0.15) is 32.6 Å². The van der Waals surface area contributed by atoms with Gasteiger partial charge in [-0.25, -0.2) is 0 Å². The molecule has 19 heavy (non-hydrogen) atoms. The van der Waals surface area contributed by atoms with E-state index in [0.29, 0.717) is 12.5 Å². The molecule has 6 heteroatoms. The van der Waals surface area contributed by atoms with Crippen LogP contribution in [0.2, 0.25) is 6.04 Å². The van der Waals surface area contributed by atoms with Crippen LogP contribution in [0.15, 0.2) is 0 Å². The third-order valence-corrected chi connectivity index (χ3v) is 8.96. The van der Waals surface area contributed by atoms with Crippen molar-refractivity contribution in [1.82, 2.24) is 0 Å². The van der Waals surface area contributed by atoms with E-state index in [1.807, 2.05) is 6.92 Å². The van der Waals surface area contributed by atoms with Crippen molar-refractivity contribution in [2.24, 2.45) is 17.4 Å². The summed E-state index contributed by atoms with van der Waals surface area (Å²) in [7, 11) is 2.82. The zero-order valence-corrected chi connectivity index (χ0v) is 13.8. The summed E-state index contributed by atoms with van der Waals surface area (Å²) in [5, 5.41) is -0.387. The highest BCUT2D eigenvalue weighted by Crippen LogP contribution is 2.47. The molecule has 0 aromatic heterocycles. The van der Waals surface area contributed by atoms with E-state index in [9.17, 15) is 0 Å². The lowest BCUT2D eigenvalue weighted by atomic mass is 9.88. The molecule has 0 amide bonds. The summed E-state index contributed by atoms with van der Waals surface area (Å²) in [6.45, 7) is 2.67. The van der Waals surface area contributed by atoms with Crippen LogP contribution in [0.3, 0.4) is 0 Å². The van der Waals surface area contributed by atoms with E-state index < -0.39 is 8.56 Å². The Hall–Kier alpha value is 0.0169. The minimum Gasteiger partial charge on any atom is -0.396 e. The highest BCUT2D eigenvalue weighted by molar-refractivity contribution is 6.70. The molecule has 0 aromatic carbocycles. The summed E-state index contributed by atoms with van der Waals surface area (Å²) in [6.07, 6.45) is 3.92. The van der Waals surface area contributed by atoms with E-state index in [1.165, 1.54) is 0 Å². The van der Waals surface area contributed by atoms with Crippen molar-refractivity contribution in [3.63, 3.8) is 0 Å². The predicted molar refractivity (Wildman–Crippen MR) is 79.0 cm³/mol. The third kappa shape index (κ3) is 3.04.